The SMILES string of the molecule is CC(C)(C)c1ccc(N(c2ccccc2)c2ccc(-c3ccc(N(c4ccccc4)c4ccc5c(c4)C5(C)C)cc3)cc2)cc1. The molecule has 0 fully saturated rings. The molecule has 1 aliphatic rings. The minimum absolute atomic E-state index is 0.116. The summed E-state index contributed by atoms with van der Waals surface area (Å²) in [5.41, 5.74) is 13.8. The van der Waals surface area contributed by atoms with Gasteiger partial charge in [-0.2, -0.15) is 0 Å². The molecule has 0 saturated heterocycles. The van der Waals surface area contributed by atoms with Crippen LogP contribution in [0, 0.1) is 0 Å². The molecule has 0 radical (unpaired) electrons. The standard InChI is InChI=1S/C43H40N2/c1-42(2,3)33-20-26-38(27-21-33)44(34-12-8-6-9-13-34)36-22-16-31(17-23-36)32-18-24-37(25-19-32)45(35-14-10-7-11-15-35)39-28-29-40-41(30-39)43(40,4)5/h6-30H,1-5H3. The smallest absolute Gasteiger partial charge is 0.0464 e. The Labute approximate surface area is 268 Å². The Morgan fingerprint density at radius 3 is 1.20 bits per heavy atom. The van der Waals surface area contributed by atoms with E-state index in [2.05, 4.69) is 196 Å². The summed E-state index contributed by atoms with van der Waals surface area (Å²) in [6.07, 6.45) is 0. The number of hydrogen-bond acceptors (Lipinski definition) is 2. The number of nitrogens with zero attached hydrogens (tertiary/aromatic N) is 2. The lowest BCUT2D eigenvalue weighted by Crippen LogP contribution is -2.13. The molecular formula is C43H40N2. The molecule has 2 heteroatoms. The first kappa shape index (κ1) is 28.7. The van der Waals surface area contributed by atoms with E-state index < -0.39 is 0 Å². The van der Waals surface area contributed by atoms with Crippen LogP contribution in [0.4, 0.5) is 34.1 Å². The third-order valence-corrected chi connectivity index (χ3v) is 9.15. The minimum atomic E-state index is 0.116. The second-order valence-electron chi connectivity index (χ2n) is 13.6. The van der Waals surface area contributed by atoms with Crippen molar-refractivity contribution in [1.82, 2.24) is 0 Å². The van der Waals surface area contributed by atoms with Gasteiger partial charge in [0.15, 0.2) is 0 Å². The average molecular weight is 585 g/mol. The van der Waals surface area contributed by atoms with E-state index in [0.717, 1.165) is 28.4 Å². The first-order valence-corrected chi connectivity index (χ1v) is 15.9. The van der Waals surface area contributed by atoms with Crippen molar-refractivity contribution < 1.29 is 0 Å². The summed E-state index contributed by atoms with van der Waals surface area (Å²) >= 11 is 0. The summed E-state index contributed by atoms with van der Waals surface area (Å²) in [5.74, 6) is 0. The molecule has 0 N–H and O–H groups in total. The number of anilines is 6. The minimum Gasteiger partial charge on any atom is -0.311 e. The van der Waals surface area contributed by atoms with Crippen molar-refractivity contribution >= 4 is 34.1 Å². The molecule has 222 valence electrons. The average Bonchev–Trinajstić information content (AvgIpc) is 3.62. The monoisotopic (exact) mass is 584 g/mol. The highest BCUT2D eigenvalue weighted by atomic mass is 15.1. The maximum atomic E-state index is 2.35. The molecular weight excluding hydrogens is 544 g/mol. The van der Waals surface area contributed by atoms with Gasteiger partial charge in [-0.05, 0) is 106 Å². The fraction of sp³-hybridized carbons (Fsp3) is 0.163. The second kappa shape index (κ2) is 11.1. The number of para-hydroxylation sites is 2. The molecule has 0 unspecified atom stereocenters. The van der Waals surface area contributed by atoms with Crippen molar-refractivity contribution in [2.24, 2.45) is 0 Å². The van der Waals surface area contributed by atoms with Crippen molar-refractivity contribution in [1.29, 1.82) is 0 Å². The van der Waals surface area contributed by atoms with E-state index in [9.17, 15) is 0 Å². The van der Waals surface area contributed by atoms with Crippen LogP contribution in [-0.4, -0.2) is 0 Å². The molecule has 45 heavy (non-hydrogen) atoms. The Balaban J connectivity index is 1.19. The Kier molecular flexibility index (Phi) is 7.09. The lowest BCUT2D eigenvalue weighted by molar-refractivity contribution is 0.590. The highest BCUT2D eigenvalue weighted by molar-refractivity contribution is 5.82. The largest absolute Gasteiger partial charge is 0.311 e. The number of hydrogen-bond donors (Lipinski definition) is 0. The van der Waals surface area contributed by atoms with Gasteiger partial charge in [-0.25, -0.2) is 0 Å². The lowest BCUT2D eigenvalue weighted by Gasteiger charge is -2.27. The predicted molar refractivity (Wildman–Crippen MR) is 192 cm³/mol. The Morgan fingerprint density at radius 2 is 0.778 bits per heavy atom. The van der Waals surface area contributed by atoms with Crippen LogP contribution in [0.1, 0.15) is 51.3 Å². The van der Waals surface area contributed by atoms with Gasteiger partial charge in [0.05, 0.1) is 0 Å². The number of benzene rings is 6. The Hall–Kier alpha value is -5.08. The first-order chi connectivity index (χ1) is 21.7. The van der Waals surface area contributed by atoms with Gasteiger partial charge in [-0.1, -0.05) is 113 Å². The number of fused-ring (bicyclic) bond motifs is 1. The van der Waals surface area contributed by atoms with Gasteiger partial charge in [0.25, 0.3) is 0 Å². The van der Waals surface area contributed by atoms with Crippen molar-refractivity contribution in [3.05, 3.63) is 168 Å². The van der Waals surface area contributed by atoms with Crippen molar-refractivity contribution in [2.75, 3.05) is 9.80 Å². The molecule has 6 aromatic carbocycles. The second-order valence-corrected chi connectivity index (χ2v) is 13.6. The van der Waals surface area contributed by atoms with Gasteiger partial charge in [-0.15, -0.1) is 0 Å². The van der Waals surface area contributed by atoms with E-state index in [1.807, 2.05) is 0 Å². The lowest BCUT2D eigenvalue weighted by atomic mass is 9.87. The van der Waals surface area contributed by atoms with Gasteiger partial charge in [0, 0.05) is 39.5 Å². The van der Waals surface area contributed by atoms with Crippen LogP contribution in [0.2, 0.25) is 0 Å². The van der Waals surface area contributed by atoms with E-state index >= 15 is 0 Å². The van der Waals surface area contributed by atoms with Crippen LogP contribution in [-0.2, 0) is 10.8 Å². The fourth-order valence-electron chi connectivity index (χ4n) is 6.35. The molecule has 0 amide bonds. The van der Waals surface area contributed by atoms with E-state index in [1.54, 1.807) is 0 Å². The zero-order valence-electron chi connectivity index (χ0n) is 26.8. The van der Waals surface area contributed by atoms with Crippen LogP contribution in [0.15, 0.2) is 152 Å². The van der Waals surface area contributed by atoms with Gasteiger partial charge in [-0.3, -0.25) is 0 Å². The van der Waals surface area contributed by atoms with Crippen LogP contribution in [0.3, 0.4) is 0 Å². The van der Waals surface area contributed by atoms with Crippen LogP contribution < -0.4 is 9.80 Å². The molecule has 0 aromatic heterocycles. The molecule has 6 aromatic rings. The molecule has 2 nitrogen and oxygen atoms in total. The first-order valence-electron chi connectivity index (χ1n) is 15.9. The quantitative estimate of drug-likeness (QED) is 0.184. The molecule has 7 rings (SSSR count). The fourth-order valence-corrected chi connectivity index (χ4v) is 6.35. The Morgan fingerprint density at radius 1 is 0.400 bits per heavy atom. The third kappa shape index (κ3) is 5.53. The predicted octanol–water partition coefficient (Wildman–Crippen LogP) is 12.2. The van der Waals surface area contributed by atoms with Crippen LogP contribution in [0.25, 0.3) is 11.1 Å². The Bertz CT molecular complexity index is 1910. The highest BCUT2D eigenvalue weighted by Crippen LogP contribution is 2.51. The van der Waals surface area contributed by atoms with E-state index in [1.165, 1.54) is 33.5 Å². The van der Waals surface area contributed by atoms with Gasteiger partial charge >= 0.3 is 0 Å². The summed E-state index contributed by atoms with van der Waals surface area (Å²) in [5, 5.41) is 0. The summed E-state index contributed by atoms with van der Waals surface area (Å²) in [6, 6.07) is 55.0. The number of rotatable bonds is 7. The van der Waals surface area contributed by atoms with Gasteiger partial charge in [0.1, 0.15) is 0 Å². The zero-order chi connectivity index (χ0) is 31.2. The normalized spacial score (nSPS) is 13.2. The summed E-state index contributed by atoms with van der Waals surface area (Å²) in [4.78, 5) is 4.68. The van der Waals surface area contributed by atoms with Crippen molar-refractivity contribution in [3.8, 4) is 11.1 Å². The summed E-state index contributed by atoms with van der Waals surface area (Å²) in [7, 11) is 0. The molecule has 0 heterocycles. The topological polar surface area (TPSA) is 6.48 Å². The summed E-state index contributed by atoms with van der Waals surface area (Å²) in [6.45, 7) is 11.4. The van der Waals surface area contributed by atoms with Crippen LogP contribution in [0.5, 0.6) is 0 Å². The van der Waals surface area contributed by atoms with Crippen molar-refractivity contribution in [2.45, 2.75) is 45.4 Å². The molecule has 0 bridgehead atoms. The van der Waals surface area contributed by atoms with E-state index in [4.69, 9.17) is 0 Å². The summed E-state index contributed by atoms with van der Waals surface area (Å²) < 4.78 is 0. The zero-order valence-corrected chi connectivity index (χ0v) is 26.8. The molecule has 0 aliphatic heterocycles. The van der Waals surface area contributed by atoms with Gasteiger partial charge in [0.2, 0.25) is 0 Å². The maximum absolute atomic E-state index is 2.35. The van der Waals surface area contributed by atoms with Crippen LogP contribution >= 0.6 is 0 Å². The van der Waals surface area contributed by atoms with Crippen molar-refractivity contribution in [3.63, 3.8) is 0 Å². The van der Waals surface area contributed by atoms with E-state index in [-0.39, 0.29) is 10.8 Å². The molecule has 0 atom stereocenters. The van der Waals surface area contributed by atoms with Gasteiger partial charge < -0.3 is 9.80 Å². The molecule has 0 saturated carbocycles. The third-order valence-electron chi connectivity index (χ3n) is 9.15. The molecule has 0 spiro atoms. The maximum Gasteiger partial charge on any atom is 0.0464 e. The molecule has 1 aliphatic carbocycles. The van der Waals surface area contributed by atoms with E-state index in [0.29, 0.717) is 0 Å². The highest BCUT2D eigenvalue weighted by Gasteiger charge is 2.41.